The smallest absolute Gasteiger partial charge is 0.485 e. The number of aryl methyl sites for hydroxylation is 4. The molecule has 6 aromatic carbocycles. The summed E-state index contributed by atoms with van der Waals surface area (Å²) in [6.07, 6.45) is 7.65. The molecule has 10 rings (SSSR count). The van der Waals surface area contributed by atoms with Crippen molar-refractivity contribution in [2.45, 2.75) is 33.2 Å². The third kappa shape index (κ3) is 22.1. The van der Waals surface area contributed by atoms with Gasteiger partial charge in [0.25, 0.3) is 0 Å². The molecule has 0 saturated heterocycles. The molecule has 10 aromatic rings. The molecular weight excluding hydrogens is 1370 g/mol. The van der Waals surface area contributed by atoms with Gasteiger partial charge >= 0.3 is 5.51 Å². The maximum atomic E-state index is 10.7. The van der Waals surface area contributed by atoms with Crippen LogP contribution < -0.4 is 0 Å². The molecule has 0 fully saturated rings. The zero-order valence-corrected chi connectivity index (χ0v) is 49.1. The average molecular weight is 1420 g/mol. The first-order valence-electron chi connectivity index (χ1n) is 23.4. The van der Waals surface area contributed by atoms with Crippen molar-refractivity contribution < 1.29 is 76.6 Å². The zero-order chi connectivity index (χ0) is 55.4. The van der Waals surface area contributed by atoms with E-state index in [1.165, 1.54) is 50.1 Å². The molecule has 0 atom stereocenters. The van der Waals surface area contributed by atoms with Gasteiger partial charge in [-0.2, -0.15) is 13.2 Å². The number of halogens is 3. The molecule has 9 nitrogen and oxygen atoms in total. The largest absolute Gasteiger partial charge is 0.741 e. The minimum Gasteiger partial charge on any atom is -0.741 e. The van der Waals surface area contributed by atoms with E-state index in [0.717, 1.165) is 53.7 Å². The van der Waals surface area contributed by atoms with Crippen LogP contribution in [0.2, 0.25) is 0 Å². The average Bonchev–Trinajstić information content (AvgIpc) is 3.47. The van der Waals surface area contributed by atoms with Crippen molar-refractivity contribution in [2.24, 2.45) is 0 Å². The van der Waals surface area contributed by atoms with Crippen LogP contribution in [0.4, 0.5) is 13.2 Å². The number of pyridine rings is 4. The molecule has 0 aliphatic rings. The van der Waals surface area contributed by atoms with Crippen molar-refractivity contribution in [3.63, 3.8) is 0 Å². The van der Waals surface area contributed by atoms with Gasteiger partial charge in [0.1, 0.15) is 0 Å². The topological polar surface area (TPSA) is 149 Å². The maximum Gasteiger partial charge on any atom is 0.485 e. The Balaban J connectivity index is 0.000000334. The Labute approximate surface area is 483 Å². The number of aliphatic hydroxyl groups excluding tert-OH is 2. The van der Waals surface area contributed by atoms with Gasteiger partial charge in [-0.3, -0.25) is 4.98 Å². The Bertz CT molecular complexity index is 3120. The van der Waals surface area contributed by atoms with Gasteiger partial charge in [-0.05, 0) is 84.2 Å². The maximum absolute atomic E-state index is 10.7. The standard InChI is InChI=1S/2C18H14N.C12H11N.C12H10N.CHF3O3S.2CH4O.2Ir/c2*1-14-12-18(16-10-6-3-7-11-16)19-13-17(14)15-8-4-2-5-9-15;2*1-10-7-8-12(13-9-10)11-5-3-2-4-6-11;2-1(3,4)8(5,6)7;2*1-2;;/h2*2-10,12-13H,1H3;2-9H,1H3;2-5,7-9H,1H3;(H,5,6,7);2*2H,1H3;;/q2*-1;;-1;;;;;/p-1. The van der Waals surface area contributed by atoms with E-state index in [9.17, 15) is 13.2 Å². The molecule has 15 heteroatoms. The van der Waals surface area contributed by atoms with Crippen LogP contribution in [0.5, 0.6) is 0 Å². The summed E-state index contributed by atoms with van der Waals surface area (Å²) in [5.74, 6) is 0. The van der Waals surface area contributed by atoms with Gasteiger partial charge in [0, 0.05) is 95.9 Å². The second kappa shape index (κ2) is 35.3. The van der Waals surface area contributed by atoms with Gasteiger partial charge in [-0.25, -0.2) is 8.42 Å². The van der Waals surface area contributed by atoms with Gasteiger partial charge < -0.3 is 29.7 Å². The first kappa shape index (κ1) is 66.9. The van der Waals surface area contributed by atoms with Gasteiger partial charge in [0.05, 0.1) is 5.69 Å². The summed E-state index contributed by atoms with van der Waals surface area (Å²) >= 11 is 0. The third-order valence-corrected chi connectivity index (χ3v) is 11.1. The van der Waals surface area contributed by atoms with Gasteiger partial charge in [0.2, 0.25) is 0 Å². The molecule has 2 radical (unpaired) electrons. The number of nitrogens with zero attached hydrogens (tertiary/aromatic N) is 4. The SMILES string of the molecule is CO.CO.Cc1cc(-c2[c-]cccc2)ncc1-c1ccccc1.Cc1cc(-c2[c-]cccc2)ncc1-c1ccccc1.Cc1ccc(-c2[c-]cccc2)nc1.Cc1ccc(-c2ccccc2)nc1.O=S(=O)([O-])C(F)(F)F.[Ir].[Ir]. The minimum atomic E-state index is -6.09. The van der Waals surface area contributed by atoms with Crippen LogP contribution in [0.1, 0.15) is 22.3 Å². The Morgan fingerprint density at radius 1 is 0.410 bits per heavy atom. The Hall–Kier alpha value is -7.16. The van der Waals surface area contributed by atoms with Crippen LogP contribution in [-0.4, -0.2) is 62.8 Å². The van der Waals surface area contributed by atoms with Crippen molar-refractivity contribution in [1.82, 2.24) is 19.9 Å². The summed E-state index contributed by atoms with van der Waals surface area (Å²) in [5, 5.41) is 14.0. The second-order valence-corrected chi connectivity index (χ2v) is 17.4. The molecular formula is C63H57F3Ir2N4O5S-4. The van der Waals surface area contributed by atoms with E-state index in [1.807, 2.05) is 178 Å². The predicted molar refractivity (Wildman–Crippen MR) is 297 cm³/mol. The fraction of sp³-hybridized carbons (Fsp3) is 0.111. The summed E-state index contributed by atoms with van der Waals surface area (Å²) in [7, 11) is -4.09. The minimum absolute atomic E-state index is 0. The molecule has 4 heterocycles. The number of hydrogen-bond donors (Lipinski definition) is 2. The van der Waals surface area contributed by atoms with Gasteiger partial charge in [0.15, 0.2) is 10.1 Å². The Morgan fingerprint density at radius 3 is 0.987 bits per heavy atom. The van der Waals surface area contributed by atoms with E-state index in [1.54, 1.807) is 0 Å². The molecule has 2 N–H and O–H groups in total. The van der Waals surface area contributed by atoms with Crippen molar-refractivity contribution in [3.8, 4) is 67.3 Å². The second-order valence-electron chi connectivity index (χ2n) is 16.0. The van der Waals surface area contributed by atoms with Crippen LogP contribution in [0.25, 0.3) is 67.3 Å². The fourth-order valence-electron chi connectivity index (χ4n) is 6.78. The molecule has 0 amide bonds. The van der Waals surface area contributed by atoms with E-state index in [-0.39, 0.29) is 40.2 Å². The van der Waals surface area contributed by atoms with Crippen LogP contribution in [0.3, 0.4) is 0 Å². The monoisotopic (exact) mass is 1420 g/mol. The summed E-state index contributed by atoms with van der Waals surface area (Å²) in [4.78, 5) is 17.8. The Morgan fingerprint density at radius 2 is 0.705 bits per heavy atom. The first-order valence-corrected chi connectivity index (χ1v) is 24.8. The summed E-state index contributed by atoms with van der Waals surface area (Å²) in [6.45, 7) is 8.32. The predicted octanol–water partition coefficient (Wildman–Crippen LogP) is 14.2. The number of hydrogen-bond acceptors (Lipinski definition) is 9. The van der Waals surface area contributed by atoms with Crippen molar-refractivity contribution >= 4 is 10.1 Å². The fourth-order valence-corrected chi connectivity index (χ4v) is 6.78. The number of alkyl halides is 3. The number of aliphatic hydroxyl groups is 2. The molecule has 0 spiro atoms. The molecule has 0 unspecified atom stereocenters. The van der Waals surface area contributed by atoms with Crippen molar-refractivity contribution in [1.29, 1.82) is 0 Å². The normalized spacial score (nSPS) is 9.95. The molecule has 0 bridgehead atoms. The van der Waals surface area contributed by atoms with Crippen LogP contribution in [-0.2, 0) is 50.3 Å². The molecule has 0 saturated carbocycles. The summed E-state index contributed by atoms with van der Waals surface area (Å²) in [6, 6.07) is 76.6. The zero-order valence-electron chi connectivity index (χ0n) is 43.5. The van der Waals surface area contributed by atoms with E-state index in [4.69, 9.17) is 23.2 Å². The van der Waals surface area contributed by atoms with Crippen molar-refractivity contribution in [2.75, 3.05) is 14.2 Å². The number of rotatable bonds is 6. The summed E-state index contributed by atoms with van der Waals surface area (Å²) in [5.41, 5.74) is 12.2. The van der Waals surface area contributed by atoms with Gasteiger partial charge in [-0.1, -0.05) is 121 Å². The number of aromatic nitrogens is 4. The molecule has 4 aromatic heterocycles. The van der Waals surface area contributed by atoms with E-state index in [2.05, 4.69) is 113 Å². The van der Waals surface area contributed by atoms with E-state index < -0.39 is 15.6 Å². The quantitative estimate of drug-likeness (QED) is 0.0942. The van der Waals surface area contributed by atoms with E-state index >= 15 is 0 Å². The molecule has 0 aliphatic carbocycles. The van der Waals surface area contributed by atoms with Crippen molar-refractivity contribution in [3.05, 3.63) is 265 Å². The van der Waals surface area contributed by atoms with Gasteiger partial charge in [-0.15, -0.1) is 108 Å². The molecule has 408 valence electrons. The molecule has 0 aliphatic heterocycles. The first-order chi connectivity index (χ1) is 36.7. The van der Waals surface area contributed by atoms with Crippen LogP contribution in [0, 0.1) is 45.9 Å². The van der Waals surface area contributed by atoms with E-state index in [0.29, 0.717) is 0 Å². The third-order valence-electron chi connectivity index (χ3n) is 10.5. The summed E-state index contributed by atoms with van der Waals surface area (Å²) < 4.78 is 58.9. The molecule has 78 heavy (non-hydrogen) atoms. The number of benzene rings is 6. The van der Waals surface area contributed by atoms with Crippen LogP contribution >= 0.6 is 0 Å². The van der Waals surface area contributed by atoms with Crippen LogP contribution in [0.15, 0.2) is 225 Å². The Kier molecular flexibility index (Phi) is 30.3.